The number of nitrogens with zero attached hydrogens (tertiary/aromatic N) is 3. The number of amides is 2. The highest BCUT2D eigenvalue weighted by molar-refractivity contribution is 5.99. The smallest absolute Gasteiger partial charge is 0.259 e. The van der Waals surface area contributed by atoms with Gasteiger partial charge in [-0.05, 0) is 49.8 Å². The molecule has 180 valence electrons. The molecule has 2 fully saturated rings. The van der Waals surface area contributed by atoms with Crippen LogP contribution in [0.4, 0.5) is 0 Å². The molecule has 1 aromatic carbocycles. The summed E-state index contributed by atoms with van der Waals surface area (Å²) in [6, 6.07) is 13.8. The monoisotopic (exact) mass is 470 g/mol. The third-order valence-corrected chi connectivity index (χ3v) is 7.15. The molecule has 7 nitrogen and oxygen atoms in total. The van der Waals surface area contributed by atoms with Crippen molar-refractivity contribution in [3.8, 4) is 0 Å². The van der Waals surface area contributed by atoms with Gasteiger partial charge in [0.2, 0.25) is 5.43 Å². The summed E-state index contributed by atoms with van der Waals surface area (Å²) in [4.78, 5) is 46.1. The van der Waals surface area contributed by atoms with Crippen molar-refractivity contribution >= 4 is 11.8 Å². The van der Waals surface area contributed by atoms with Gasteiger partial charge < -0.3 is 14.8 Å². The number of rotatable bonds is 7. The van der Waals surface area contributed by atoms with E-state index in [-0.39, 0.29) is 23.1 Å². The number of benzene rings is 1. The van der Waals surface area contributed by atoms with Crippen molar-refractivity contribution in [1.29, 1.82) is 0 Å². The van der Waals surface area contributed by atoms with Gasteiger partial charge >= 0.3 is 0 Å². The zero-order valence-corrected chi connectivity index (χ0v) is 19.9. The number of piperidine rings is 1. The van der Waals surface area contributed by atoms with Crippen LogP contribution in [0.15, 0.2) is 65.8 Å². The second-order valence-electron chi connectivity index (χ2n) is 9.68. The largest absolute Gasteiger partial charge is 0.352 e. The van der Waals surface area contributed by atoms with Gasteiger partial charge in [0, 0.05) is 56.4 Å². The quantitative estimate of drug-likeness (QED) is 0.574. The second kappa shape index (κ2) is 9.86. The predicted octanol–water partition coefficient (Wildman–Crippen LogP) is 3.35. The van der Waals surface area contributed by atoms with Crippen LogP contribution < -0.4 is 10.7 Å². The number of aryl methyl sites for hydroxylation is 3. The van der Waals surface area contributed by atoms with Crippen LogP contribution in [0.25, 0.3) is 0 Å². The molecule has 2 unspecified atom stereocenters. The molecule has 35 heavy (non-hydrogen) atoms. The average molecular weight is 471 g/mol. The van der Waals surface area contributed by atoms with Gasteiger partial charge in [0.15, 0.2) is 0 Å². The van der Waals surface area contributed by atoms with Crippen LogP contribution in [0.5, 0.6) is 0 Å². The maximum Gasteiger partial charge on any atom is 0.259 e. The Hall–Kier alpha value is -3.74. The first-order chi connectivity index (χ1) is 17.0. The highest BCUT2D eigenvalue weighted by Crippen LogP contribution is 2.37. The van der Waals surface area contributed by atoms with E-state index in [1.54, 1.807) is 23.2 Å². The Balaban J connectivity index is 1.41. The number of hydrogen-bond acceptors (Lipinski definition) is 4. The normalized spacial score (nSPS) is 18.6. The molecule has 3 heterocycles. The zero-order chi connectivity index (χ0) is 24.4. The fourth-order valence-electron chi connectivity index (χ4n) is 5.18. The molecule has 3 aromatic rings. The Morgan fingerprint density at radius 1 is 1.06 bits per heavy atom. The Kier molecular flexibility index (Phi) is 6.49. The minimum atomic E-state index is -0.506. The maximum atomic E-state index is 13.4. The molecule has 7 heteroatoms. The molecule has 0 radical (unpaired) electrons. The summed E-state index contributed by atoms with van der Waals surface area (Å²) >= 11 is 0. The Labute approximate surface area is 204 Å². The molecule has 1 saturated carbocycles. The first-order valence-corrected chi connectivity index (χ1v) is 12.3. The van der Waals surface area contributed by atoms with E-state index < -0.39 is 11.3 Å². The van der Waals surface area contributed by atoms with Gasteiger partial charge in [0.05, 0.1) is 0 Å². The van der Waals surface area contributed by atoms with Crippen LogP contribution in [0.2, 0.25) is 0 Å². The number of carbonyl (C=O) groups is 2. The number of likely N-dealkylation sites (tertiary alicyclic amines) is 1. The summed E-state index contributed by atoms with van der Waals surface area (Å²) in [5.74, 6) is -0.210. The molecular weight excluding hydrogens is 440 g/mol. The molecule has 2 bridgehead atoms. The Morgan fingerprint density at radius 3 is 2.54 bits per heavy atom. The van der Waals surface area contributed by atoms with E-state index in [1.165, 1.54) is 0 Å². The topological polar surface area (TPSA) is 84.3 Å². The lowest BCUT2D eigenvalue weighted by Gasteiger charge is -2.27. The number of nitrogens with one attached hydrogen (secondary N) is 1. The van der Waals surface area contributed by atoms with Gasteiger partial charge in [-0.15, -0.1) is 0 Å². The third-order valence-electron chi connectivity index (χ3n) is 7.15. The fraction of sp³-hybridized carbons (Fsp3) is 0.357. The van der Waals surface area contributed by atoms with E-state index in [0.717, 1.165) is 36.1 Å². The first-order valence-electron chi connectivity index (χ1n) is 12.3. The van der Waals surface area contributed by atoms with Gasteiger partial charge in [-0.2, -0.15) is 0 Å². The summed E-state index contributed by atoms with van der Waals surface area (Å²) in [5.41, 5.74) is 2.54. The predicted molar refractivity (Wildman–Crippen MR) is 133 cm³/mol. The average Bonchev–Trinajstić information content (AvgIpc) is 3.52. The molecule has 1 saturated heterocycles. The minimum Gasteiger partial charge on any atom is -0.352 e. The number of pyridine rings is 2. The highest BCUT2D eigenvalue weighted by atomic mass is 16.2. The molecule has 2 aromatic heterocycles. The SMILES string of the molecule is Cc1ccc(CNC(=O)c2cn(CCc3ccccn3)cc(C(=O)N3CC4CCC3C4)c2=O)cc1. The lowest BCUT2D eigenvalue weighted by atomic mass is 10.1. The van der Waals surface area contributed by atoms with Crippen LogP contribution >= 0.6 is 0 Å². The van der Waals surface area contributed by atoms with E-state index >= 15 is 0 Å². The van der Waals surface area contributed by atoms with E-state index in [1.807, 2.05) is 54.3 Å². The Morgan fingerprint density at radius 2 is 1.86 bits per heavy atom. The van der Waals surface area contributed by atoms with Crippen molar-refractivity contribution in [2.75, 3.05) is 6.54 Å². The van der Waals surface area contributed by atoms with Gasteiger partial charge in [-0.25, -0.2) is 0 Å². The number of carbonyl (C=O) groups excluding carboxylic acids is 2. The molecule has 2 atom stereocenters. The zero-order valence-electron chi connectivity index (χ0n) is 19.9. The maximum absolute atomic E-state index is 13.4. The van der Waals surface area contributed by atoms with Gasteiger partial charge in [-0.1, -0.05) is 35.9 Å². The molecule has 1 aliphatic carbocycles. The standard InChI is InChI=1S/C28H30N4O3/c1-19-5-7-20(8-6-19)15-30-27(34)24-17-31(13-11-22-4-2-3-12-29-22)18-25(26(24)33)28(35)32-16-21-9-10-23(32)14-21/h2-8,12,17-18,21,23H,9-11,13-16H2,1H3,(H,30,34). The van der Waals surface area contributed by atoms with E-state index in [0.29, 0.717) is 32.0 Å². The van der Waals surface area contributed by atoms with Crippen LogP contribution in [-0.4, -0.2) is 38.9 Å². The summed E-state index contributed by atoms with van der Waals surface area (Å²) in [7, 11) is 0. The minimum absolute atomic E-state index is 0.00617. The summed E-state index contributed by atoms with van der Waals surface area (Å²) in [6.07, 6.45) is 8.67. The van der Waals surface area contributed by atoms with Crippen LogP contribution in [0, 0.1) is 12.8 Å². The van der Waals surface area contributed by atoms with Crippen molar-refractivity contribution in [2.24, 2.45) is 5.92 Å². The van der Waals surface area contributed by atoms with Crippen LogP contribution in [0.1, 0.15) is 56.8 Å². The van der Waals surface area contributed by atoms with E-state index in [2.05, 4.69) is 10.3 Å². The van der Waals surface area contributed by atoms with Crippen LogP contribution in [-0.2, 0) is 19.5 Å². The van der Waals surface area contributed by atoms with Crippen molar-refractivity contribution < 1.29 is 9.59 Å². The van der Waals surface area contributed by atoms with Gasteiger partial charge in [-0.3, -0.25) is 19.4 Å². The third kappa shape index (κ3) is 5.04. The molecule has 0 spiro atoms. The first kappa shape index (κ1) is 23.0. The van der Waals surface area contributed by atoms with Crippen molar-refractivity contribution in [2.45, 2.75) is 51.7 Å². The van der Waals surface area contributed by atoms with Crippen molar-refractivity contribution in [3.05, 3.63) is 99.2 Å². The number of aromatic nitrogens is 2. The summed E-state index contributed by atoms with van der Waals surface area (Å²) < 4.78 is 1.78. The lowest BCUT2D eigenvalue weighted by Crippen LogP contribution is -2.41. The summed E-state index contributed by atoms with van der Waals surface area (Å²) in [5, 5.41) is 2.85. The molecule has 2 aliphatic rings. The molecule has 1 N–H and O–H groups in total. The van der Waals surface area contributed by atoms with Crippen molar-refractivity contribution in [3.63, 3.8) is 0 Å². The Bertz CT molecular complexity index is 1280. The second-order valence-corrected chi connectivity index (χ2v) is 9.68. The van der Waals surface area contributed by atoms with E-state index in [9.17, 15) is 14.4 Å². The molecule has 1 aliphatic heterocycles. The number of hydrogen-bond donors (Lipinski definition) is 1. The lowest BCUT2D eigenvalue weighted by molar-refractivity contribution is 0.0701. The summed E-state index contributed by atoms with van der Waals surface area (Å²) in [6.45, 7) is 3.51. The molecule has 2 amide bonds. The molecule has 5 rings (SSSR count). The van der Waals surface area contributed by atoms with Crippen LogP contribution in [0.3, 0.4) is 0 Å². The van der Waals surface area contributed by atoms with E-state index in [4.69, 9.17) is 0 Å². The fourth-order valence-corrected chi connectivity index (χ4v) is 5.18. The van der Waals surface area contributed by atoms with Gasteiger partial charge in [0.1, 0.15) is 11.1 Å². The molecular formula is C28H30N4O3. The number of fused-ring (bicyclic) bond motifs is 2. The van der Waals surface area contributed by atoms with Crippen molar-refractivity contribution in [1.82, 2.24) is 19.8 Å². The van der Waals surface area contributed by atoms with Gasteiger partial charge in [0.25, 0.3) is 11.8 Å². The highest BCUT2D eigenvalue weighted by Gasteiger charge is 2.41.